The summed E-state index contributed by atoms with van der Waals surface area (Å²) in [6.45, 7) is 17.2. The van der Waals surface area contributed by atoms with Gasteiger partial charge in [-0.1, -0.05) is 48.5 Å². The maximum atomic E-state index is 12.9. The normalized spacial score (nSPS) is 51.5. The summed E-state index contributed by atoms with van der Waals surface area (Å²) in [4.78, 5) is 12.9. The molecule has 3 N–H and O–H groups in total. The molecular weight excluding hydrogens is 436 g/mol. The fourth-order valence-electron chi connectivity index (χ4n) is 11.4. The van der Waals surface area contributed by atoms with Crippen molar-refractivity contribution in [3.05, 3.63) is 0 Å². The van der Waals surface area contributed by atoms with E-state index in [-0.39, 0.29) is 40.1 Å². The van der Waals surface area contributed by atoms with Crippen LogP contribution in [0.2, 0.25) is 0 Å². The first-order valence-electron chi connectivity index (χ1n) is 14.6. The van der Waals surface area contributed by atoms with Gasteiger partial charge in [0.2, 0.25) is 0 Å². The maximum Gasteiger partial charge on any atom is 0.138 e. The van der Waals surface area contributed by atoms with Gasteiger partial charge in [-0.15, -0.1) is 0 Å². The number of carbonyl (C=O) groups excluding carboxylic acids is 1. The Balaban J connectivity index is 1.43. The molecule has 0 amide bonds. The highest BCUT2D eigenvalue weighted by Crippen LogP contribution is 2.88. The van der Waals surface area contributed by atoms with E-state index in [1.54, 1.807) is 6.92 Å². The zero-order valence-electron chi connectivity index (χ0n) is 23.7. The minimum atomic E-state index is -1.12. The van der Waals surface area contributed by atoms with Crippen LogP contribution < -0.4 is 0 Å². The number of hydrogen-bond donors (Lipinski definition) is 3. The predicted molar refractivity (Wildman–Crippen MR) is 139 cm³/mol. The first-order chi connectivity index (χ1) is 16.0. The van der Waals surface area contributed by atoms with Crippen molar-refractivity contribution < 1.29 is 20.1 Å². The molecule has 0 saturated heterocycles. The minimum absolute atomic E-state index is 0.0264. The SMILES string of the molecule is CC(C)[C@@](C)(O)[C@H](O)C[C@@H](C)[C@H]1[C@@H](O)C[C@@]2(C)[C@@H]3CC[C@H]4C(C)(C)C(=O)CC[C@@]45C[C@@]35CC[C@]12C. The lowest BCUT2D eigenvalue weighted by molar-refractivity contribution is -0.159. The average molecular weight is 489 g/mol. The topological polar surface area (TPSA) is 77.8 Å². The van der Waals surface area contributed by atoms with Crippen LogP contribution in [0.3, 0.4) is 0 Å². The average Bonchev–Trinajstić information content (AvgIpc) is 3.36. The zero-order chi connectivity index (χ0) is 26.0. The highest BCUT2D eigenvalue weighted by molar-refractivity contribution is 5.86. The van der Waals surface area contributed by atoms with Crippen molar-refractivity contribution in [1.82, 2.24) is 0 Å². The van der Waals surface area contributed by atoms with E-state index < -0.39 is 11.7 Å². The molecule has 5 fully saturated rings. The van der Waals surface area contributed by atoms with Crippen molar-refractivity contribution in [2.24, 2.45) is 56.7 Å². The van der Waals surface area contributed by atoms with Gasteiger partial charge < -0.3 is 15.3 Å². The second kappa shape index (κ2) is 7.56. The van der Waals surface area contributed by atoms with Crippen LogP contribution in [-0.2, 0) is 4.79 Å². The molecule has 0 aromatic heterocycles. The van der Waals surface area contributed by atoms with Crippen LogP contribution in [0.4, 0.5) is 0 Å². The fraction of sp³-hybridized carbons (Fsp3) is 0.968. The Morgan fingerprint density at radius 1 is 0.971 bits per heavy atom. The second-order valence-corrected chi connectivity index (χ2v) is 15.6. The summed E-state index contributed by atoms with van der Waals surface area (Å²) in [6, 6.07) is 0. The van der Waals surface area contributed by atoms with Crippen LogP contribution in [0.15, 0.2) is 0 Å². The van der Waals surface area contributed by atoms with Crippen molar-refractivity contribution in [2.45, 2.75) is 131 Å². The highest BCUT2D eigenvalue weighted by Gasteiger charge is 2.82. The second-order valence-electron chi connectivity index (χ2n) is 15.6. The molecule has 5 aliphatic carbocycles. The van der Waals surface area contributed by atoms with E-state index in [9.17, 15) is 20.1 Å². The van der Waals surface area contributed by atoms with Gasteiger partial charge >= 0.3 is 0 Å². The van der Waals surface area contributed by atoms with Crippen LogP contribution in [0.1, 0.15) is 113 Å². The molecule has 0 aromatic rings. The smallest absolute Gasteiger partial charge is 0.138 e. The molecular formula is C31H52O4. The van der Waals surface area contributed by atoms with Crippen LogP contribution in [0.5, 0.6) is 0 Å². The first kappa shape index (κ1) is 26.2. The molecule has 0 aromatic carbocycles. The Morgan fingerprint density at radius 2 is 1.57 bits per heavy atom. The van der Waals surface area contributed by atoms with Crippen LogP contribution in [-0.4, -0.2) is 38.9 Å². The number of carbonyl (C=O) groups is 1. The molecule has 4 heteroatoms. The summed E-state index contributed by atoms with van der Waals surface area (Å²) in [6.07, 6.45) is 8.06. The molecule has 0 bridgehead atoms. The fourth-order valence-corrected chi connectivity index (χ4v) is 11.4. The van der Waals surface area contributed by atoms with Gasteiger partial charge in [0.1, 0.15) is 5.78 Å². The molecule has 5 aliphatic rings. The number of aliphatic hydroxyl groups excluding tert-OH is 2. The first-order valence-corrected chi connectivity index (χ1v) is 14.6. The molecule has 5 saturated carbocycles. The summed E-state index contributed by atoms with van der Waals surface area (Å²) in [7, 11) is 0. The van der Waals surface area contributed by atoms with Crippen LogP contribution in [0.25, 0.3) is 0 Å². The molecule has 0 aliphatic heterocycles. The van der Waals surface area contributed by atoms with Gasteiger partial charge in [-0.2, -0.15) is 0 Å². The molecule has 0 heterocycles. The lowest BCUT2D eigenvalue weighted by atomic mass is 9.42. The number of ketones is 1. The largest absolute Gasteiger partial charge is 0.393 e. The van der Waals surface area contributed by atoms with E-state index in [0.717, 1.165) is 32.1 Å². The molecule has 5 rings (SSSR count). The van der Waals surface area contributed by atoms with Gasteiger partial charge in [0.05, 0.1) is 17.8 Å². The quantitative estimate of drug-likeness (QED) is 0.460. The van der Waals surface area contributed by atoms with Crippen molar-refractivity contribution in [1.29, 1.82) is 0 Å². The number of hydrogen-bond acceptors (Lipinski definition) is 4. The Bertz CT molecular complexity index is 892. The van der Waals surface area contributed by atoms with Crippen molar-refractivity contribution in [2.75, 3.05) is 0 Å². The number of Topliss-reactive ketones (excluding diaryl/α,β-unsaturated/α-hetero) is 1. The van der Waals surface area contributed by atoms with Gasteiger partial charge in [-0.05, 0) is 110 Å². The lowest BCUT2D eigenvalue weighted by Gasteiger charge is -2.62. The number of rotatable bonds is 5. The molecule has 0 radical (unpaired) electrons. The molecule has 200 valence electrons. The van der Waals surface area contributed by atoms with E-state index in [1.165, 1.54) is 19.3 Å². The third-order valence-corrected chi connectivity index (χ3v) is 14.0. The van der Waals surface area contributed by atoms with Gasteiger partial charge in [0.15, 0.2) is 0 Å². The Labute approximate surface area is 213 Å². The van der Waals surface area contributed by atoms with E-state index in [4.69, 9.17) is 0 Å². The summed E-state index contributed by atoms with van der Waals surface area (Å²) in [5.41, 5.74) is -0.497. The molecule has 4 nitrogen and oxygen atoms in total. The molecule has 11 atom stereocenters. The molecule has 0 unspecified atom stereocenters. The van der Waals surface area contributed by atoms with Gasteiger partial charge in [0, 0.05) is 11.8 Å². The van der Waals surface area contributed by atoms with E-state index >= 15 is 0 Å². The molecule has 35 heavy (non-hydrogen) atoms. The summed E-state index contributed by atoms with van der Waals surface area (Å²) >= 11 is 0. The van der Waals surface area contributed by atoms with Crippen LogP contribution in [0, 0.1) is 56.7 Å². The summed E-state index contributed by atoms with van der Waals surface area (Å²) in [5, 5.41) is 33.5. The lowest BCUT2D eigenvalue weighted by Crippen LogP contribution is -2.57. The third kappa shape index (κ3) is 3.06. The highest BCUT2D eigenvalue weighted by atomic mass is 16.3. The van der Waals surface area contributed by atoms with Gasteiger partial charge in [-0.25, -0.2) is 0 Å². The minimum Gasteiger partial charge on any atom is -0.393 e. The number of fused-ring (bicyclic) bond motifs is 2. The monoisotopic (exact) mass is 488 g/mol. The summed E-state index contributed by atoms with van der Waals surface area (Å²) in [5.74, 6) is 1.86. The van der Waals surface area contributed by atoms with Crippen LogP contribution >= 0.6 is 0 Å². The maximum absolute atomic E-state index is 12.9. The van der Waals surface area contributed by atoms with Gasteiger partial charge in [0.25, 0.3) is 0 Å². The van der Waals surface area contributed by atoms with E-state index in [1.807, 2.05) is 13.8 Å². The van der Waals surface area contributed by atoms with E-state index in [0.29, 0.717) is 34.9 Å². The van der Waals surface area contributed by atoms with Gasteiger partial charge in [-0.3, -0.25) is 4.79 Å². The van der Waals surface area contributed by atoms with Crippen molar-refractivity contribution in [3.63, 3.8) is 0 Å². The zero-order valence-corrected chi connectivity index (χ0v) is 23.7. The van der Waals surface area contributed by atoms with Crippen molar-refractivity contribution >= 4 is 5.78 Å². The Hall–Kier alpha value is -0.450. The Kier molecular flexibility index (Phi) is 5.66. The van der Waals surface area contributed by atoms with Crippen molar-refractivity contribution in [3.8, 4) is 0 Å². The summed E-state index contributed by atoms with van der Waals surface area (Å²) < 4.78 is 0. The third-order valence-electron chi connectivity index (χ3n) is 14.0. The predicted octanol–water partition coefficient (Wildman–Crippen LogP) is 5.76. The number of aliphatic hydroxyl groups is 3. The molecule has 2 spiro atoms. The van der Waals surface area contributed by atoms with E-state index in [2.05, 4.69) is 34.6 Å². The Morgan fingerprint density at radius 3 is 2.20 bits per heavy atom. The standard InChI is InChI=1S/C31H52O4/c1-18(2)29(8,35)24(34)15-19(3)25-20(32)16-28(7)22-10-9-21-26(4,5)23(33)11-12-30(21)17-31(22,30)14-13-27(25,28)6/h18-22,24-25,32,34-35H,9-17H2,1-8H3/t19-,20+,21+,22+,24-,25+,27-,28+,29-,30-,31+/m1/s1.